The molecule has 0 amide bonds. The van der Waals surface area contributed by atoms with Gasteiger partial charge in [-0.15, -0.1) is 0 Å². The fraction of sp³-hybridized carbons (Fsp3) is 0.417. The number of benzene rings is 2. The Morgan fingerprint density at radius 2 is 1.03 bits per heavy atom. The van der Waals surface area contributed by atoms with E-state index in [2.05, 4.69) is 96.7 Å². The molecular weight excluding hydrogens is 602 g/mol. The normalized spacial score (nSPS) is 12.9. The van der Waals surface area contributed by atoms with Crippen molar-refractivity contribution in [2.24, 2.45) is 9.98 Å². The van der Waals surface area contributed by atoms with Crippen LogP contribution in [0.5, 0.6) is 11.5 Å². The molecule has 2 aromatic carbocycles. The van der Waals surface area contributed by atoms with Gasteiger partial charge in [-0.25, -0.2) is 0 Å². The zero-order valence-electron chi connectivity index (χ0n) is 18.4. The second-order valence-corrected chi connectivity index (χ2v) is 11.8. The molecule has 0 saturated heterocycles. The third kappa shape index (κ3) is 6.67. The fourth-order valence-electron chi connectivity index (χ4n) is 3.02. The highest BCUT2D eigenvalue weighted by Gasteiger charge is 2.21. The van der Waals surface area contributed by atoms with E-state index >= 15 is 0 Å². The Morgan fingerprint density at radius 3 is 1.33 bits per heavy atom. The van der Waals surface area contributed by atoms with E-state index in [4.69, 9.17) is 0 Å². The van der Waals surface area contributed by atoms with Crippen molar-refractivity contribution in [1.82, 2.24) is 0 Å². The number of aromatic hydroxyl groups is 2. The summed E-state index contributed by atoms with van der Waals surface area (Å²) in [4.78, 5) is 8.86. The fourth-order valence-corrected chi connectivity index (χ4v) is 4.32. The van der Waals surface area contributed by atoms with Crippen molar-refractivity contribution in [3.8, 4) is 11.5 Å². The maximum absolute atomic E-state index is 10.6. The van der Waals surface area contributed by atoms with Crippen LogP contribution in [0.3, 0.4) is 0 Å². The monoisotopic (exact) mass is 632 g/mol. The van der Waals surface area contributed by atoms with Crippen molar-refractivity contribution in [2.45, 2.75) is 52.4 Å². The molecule has 6 heteroatoms. The number of aliphatic imine (C=N–C) groups is 2. The van der Waals surface area contributed by atoms with E-state index in [1.54, 1.807) is 12.4 Å². The summed E-state index contributed by atoms with van der Waals surface area (Å²) in [5, 5.41) is 21.2. The van der Waals surface area contributed by atoms with Crippen LogP contribution >= 0.6 is 45.2 Å². The van der Waals surface area contributed by atoms with E-state index in [1.807, 2.05) is 24.3 Å². The summed E-state index contributed by atoms with van der Waals surface area (Å²) < 4.78 is 2.14. The first-order valence-corrected chi connectivity index (χ1v) is 12.0. The van der Waals surface area contributed by atoms with E-state index < -0.39 is 0 Å². The lowest BCUT2D eigenvalue weighted by molar-refractivity contribution is 0.445. The molecule has 0 heterocycles. The summed E-state index contributed by atoms with van der Waals surface area (Å²) in [6, 6.07) is 7.87. The van der Waals surface area contributed by atoms with E-state index in [9.17, 15) is 10.2 Å². The van der Waals surface area contributed by atoms with Crippen molar-refractivity contribution >= 4 is 57.6 Å². The molecule has 162 valence electrons. The molecule has 0 aromatic heterocycles. The van der Waals surface area contributed by atoms with E-state index in [-0.39, 0.29) is 22.3 Å². The van der Waals surface area contributed by atoms with Crippen LogP contribution in [0, 0.1) is 7.14 Å². The van der Waals surface area contributed by atoms with Crippen molar-refractivity contribution < 1.29 is 10.2 Å². The Labute approximate surface area is 207 Å². The molecule has 0 aliphatic rings. The van der Waals surface area contributed by atoms with Crippen molar-refractivity contribution in [3.63, 3.8) is 0 Å². The molecule has 4 nitrogen and oxygen atoms in total. The van der Waals surface area contributed by atoms with E-state index in [1.165, 1.54) is 0 Å². The lowest BCUT2D eigenvalue weighted by atomic mass is 9.85. The standard InChI is InChI=1S/C24H30I2N2O2/c1-23(2,3)19-11-17(25)9-15(21(19)29)13-27-7-8-28-14-16-10-18(26)12-20(22(16)30)24(4,5)6/h9-14,29-30H,7-8H2,1-6H3. The van der Waals surface area contributed by atoms with Crippen LogP contribution in [0.1, 0.15) is 63.8 Å². The summed E-state index contributed by atoms with van der Waals surface area (Å²) in [7, 11) is 0. The number of hydrogen-bond acceptors (Lipinski definition) is 4. The maximum Gasteiger partial charge on any atom is 0.128 e. The number of rotatable bonds is 5. The lowest BCUT2D eigenvalue weighted by Gasteiger charge is -2.21. The molecule has 2 N–H and O–H groups in total. The van der Waals surface area contributed by atoms with Gasteiger partial charge in [0.2, 0.25) is 0 Å². The number of phenols is 2. The first-order valence-electron chi connectivity index (χ1n) is 9.86. The highest BCUT2D eigenvalue weighted by Crippen LogP contribution is 2.35. The minimum absolute atomic E-state index is 0.140. The van der Waals surface area contributed by atoms with Crippen LogP contribution in [-0.4, -0.2) is 35.7 Å². The number of halogens is 2. The molecule has 30 heavy (non-hydrogen) atoms. The molecule has 2 aromatic rings. The van der Waals surface area contributed by atoms with Gasteiger partial charge in [-0.3, -0.25) is 9.98 Å². The summed E-state index contributed by atoms with van der Waals surface area (Å²) in [6.45, 7) is 13.5. The number of phenolic OH excluding ortho intramolecular Hbond substituents is 2. The Morgan fingerprint density at radius 1 is 0.700 bits per heavy atom. The smallest absolute Gasteiger partial charge is 0.128 e. The van der Waals surface area contributed by atoms with Crippen LogP contribution in [0.25, 0.3) is 0 Å². The number of nitrogens with zero attached hydrogens (tertiary/aromatic N) is 2. The second kappa shape index (κ2) is 9.97. The van der Waals surface area contributed by atoms with Gasteiger partial charge in [-0.1, -0.05) is 41.5 Å². The first-order chi connectivity index (χ1) is 13.8. The molecule has 0 spiro atoms. The topological polar surface area (TPSA) is 65.2 Å². The first kappa shape index (κ1) is 25.1. The molecular formula is C24H30I2N2O2. The molecule has 0 saturated carbocycles. The van der Waals surface area contributed by atoms with E-state index in [0.29, 0.717) is 13.1 Å². The quantitative estimate of drug-likeness (QED) is 0.227. The van der Waals surface area contributed by atoms with Gasteiger partial charge in [0.1, 0.15) is 11.5 Å². The average Bonchev–Trinajstić information content (AvgIpc) is 2.60. The maximum atomic E-state index is 10.6. The molecule has 2 rings (SSSR count). The largest absolute Gasteiger partial charge is 0.507 e. The highest BCUT2D eigenvalue weighted by molar-refractivity contribution is 14.1. The Kier molecular flexibility index (Phi) is 8.35. The minimum atomic E-state index is -0.140. The van der Waals surface area contributed by atoms with Gasteiger partial charge < -0.3 is 10.2 Å². The predicted molar refractivity (Wildman–Crippen MR) is 144 cm³/mol. The third-order valence-electron chi connectivity index (χ3n) is 4.64. The summed E-state index contributed by atoms with van der Waals surface area (Å²) in [5.41, 5.74) is 3.00. The SMILES string of the molecule is CC(C)(C)c1cc(I)cc(C=NCCN=Cc2cc(I)cc(C(C)(C)C)c2O)c1O. The van der Waals surface area contributed by atoms with Crippen molar-refractivity contribution in [2.75, 3.05) is 13.1 Å². The molecule has 0 bridgehead atoms. The van der Waals surface area contributed by atoms with Gasteiger partial charge >= 0.3 is 0 Å². The average molecular weight is 632 g/mol. The van der Waals surface area contributed by atoms with E-state index in [0.717, 1.165) is 29.4 Å². The summed E-state index contributed by atoms with van der Waals surface area (Å²) >= 11 is 4.52. The van der Waals surface area contributed by atoms with Crippen LogP contribution in [0.4, 0.5) is 0 Å². The third-order valence-corrected chi connectivity index (χ3v) is 5.89. The zero-order valence-corrected chi connectivity index (χ0v) is 22.7. The molecule has 0 atom stereocenters. The van der Waals surface area contributed by atoms with Crippen LogP contribution in [0.2, 0.25) is 0 Å². The van der Waals surface area contributed by atoms with Gasteiger partial charge in [0.15, 0.2) is 0 Å². The van der Waals surface area contributed by atoms with Crippen LogP contribution < -0.4 is 0 Å². The minimum Gasteiger partial charge on any atom is -0.507 e. The van der Waals surface area contributed by atoms with Gasteiger partial charge in [0.05, 0.1) is 13.1 Å². The molecule has 0 aliphatic carbocycles. The Balaban J connectivity index is 2.09. The summed E-state index contributed by atoms with van der Waals surface area (Å²) in [5.74, 6) is 0.572. The predicted octanol–water partition coefficient (Wildman–Crippen LogP) is 6.44. The zero-order chi connectivity index (χ0) is 22.7. The van der Waals surface area contributed by atoms with Crippen LogP contribution in [0.15, 0.2) is 34.3 Å². The summed E-state index contributed by atoms with van der Waals surface area (Å²) in [6.07, 6.45) is 3.42. The lowest BCUT2D eigenvalue weighted by Crippen LogP contribution is -2.12. The van der Waals surface area contributed by atoms with Crippen molar-refractivity contribution in [3.05, 3.63) is 53.7 Å². The molecule has 0 aliphatic heterocycles. The molecule has 0 unspecified atom stereocenters. The highest BCUT2D eigenvalue weighted by atomic mass is 127. The Hall–Kier alpha value is -1.16. The number of hydrogen-bond donors (Lipinski definition) is 2. The Bertz CT molecular complexity index is 889. The van der Waals surface area contributed by atoms with Crippen LogP contribution in [-0.2, 0) is 10.8 Å². The van der Waals surface area contributed by atoms with Gasteiger partial charge in [0.25, 0.3) is 0 Å². The van der Waals surface area contributed by atoms with Gasteiger partial charge in [0, 0.05) is 41.8 Å². The second-order valence-electron chi connectivity index (χ2n) is 9.35. The van der Waals surface area contributed by atoms with Gasteiger partial charge in [-0.05, 0) is 80.3 Å². The molecule has 0 radical (unpaired) electrons. The van der Waals surface area contributed by atoms with Crippen molar-refractivity contribution in [1.29, 1.82) is 0 Å². The van der Waals surface area contributed by atoms with Gasteiger partial charge in [-0.2, -0.15) is 0 Å². The molecule has 0 fully saturated rings.